The molecule has 0 aromatic carbocycles. The molecule has 0 aromatic heterocycles. The fraction of sp³-hybridized carbons (Fsp3) is 0.857. The molecule has 0 heterocycles. The molecule has 6 aliphatic carbocycles. The van der Waals surface area contributed by atoms with Crippen LogP contribution in [0.25, 0.3) is 0 Å². The van der Waals surface area contributed by atoms with Crippen molar-refractivity contribution in [2.75, 3.05) is 6.54 Å². The molecule has 38 heavy (non-hydrogen) atoms. The monoisotopic (exact) mass is 521 g/mol. The SMILES string of the molecule is CCNC12CCCC1C1CCC3C4(C)CC=C(C5=CCC(C)(C(=O)O)CC5)C(C)C4CCC3(C)[C@]1(C)CC2. The van der Waals surface area contributed by atoms with Gasteiger partial charge in [0, 0.05) is 5.54 Å². The largest absolute Gasteiger partial charge is 0.481 e. The van der Waals surface area contributed by atoms with Crippen LogP contribution in [0, 0.1) is 51.2 Å². The van der Waals surface area contributed by atoms with Crippen molar-refractivity contribution in [3.8, 4) is 0 Å². The zero-order valence-corrected chi connectivity index (χ0v) is 25.3. The van der Waals surface area contributed by atoms with Gasteiger partial charge in [0.15, 0.2) is 0 Å². The third kappa shape index (κ3) is 3.51. The Kier molecular flexibility index (Phi) is 6.39. The number of allylic oxidation sites excluding steroid dienone is 4. The number of hydrogen-bond acceptors (Lipinski definition) is 2. The highest BCUT2D eigenvalue weighted by molar-refractivity contribution is 5.74. The Hall–Kier alpha value is -1.09. The van der Waals surface area contributed by atoms with Crippen LogP contribution >= 0.6 is 0 Å². The minimum absolute atomic E-state index is 0.389. The van der Waals surface area contributed by atoms with Crippen molar-refractivity contribution < 1.29 is 9.90 Å². The van der Waals surface area contributed by atoms with Crippen LogP contribution in [0.3, 0.4) is 0 Å². The Morgan fingerprint density at radius 1 is 0.895 bits per heavy atom. The van der Waals surface area contributed by atoms with Crippen LogP contribution in [0.2, 0.25) is 0 Å². The summed E-state index contributed by atoms with van der Waals surface area (Å²) in [7, 11) is 0. The summed E-state index contributed by atoms with van der Waals surface area (Å²) in [6.45, 7) is 16.1. The molecule has 2 N–H and O–H groups in total. The van der Waals surface area contributed by atoms with Gasteiger partial charge in [0.05, 0.1) is 5.41 Å². The maximum absolute atomic E-state index is 11.8. The van der Waals surface area contributed by atoms with Crippen LogP contribution in [0.5, 0.6) is 0 Å². The van der Waals surface area contributed by atoms with Crippen LogP contribution in [-0.2, 0) is 4.79 Å². The summed E-state index contributed by atoms with van der Waals surface area (Å²) in [6, 6.07) is 0. The minimum atomic E-state index is -0.634. The Balaban J connectivity index is 1.28. The highest BCUT2D eigenvalue weighted by Crippen LogP contribution is 2.75. The first-order valence-electron chi connectivity index (χ1n) is 16.3. The first-order chi connectivity index (χ1) is 17.9. The average molecular weight is 522 g/mol. The Bertz CT molecular complexity index is 1040. The first-order valence-corrected chi connectivity index (χ1v) is 16.3. The fourth-order valence-corrected chi connectivity index (χ4v) is 12.3. The Morgan fingerprint density at radius 3 is 2.37 bits per heavy atom. The van der Waals surface area contributed by atoms with Crippen molar-refractivity contribution in [1.29, 1.82) is 0 Å². The van der Waals surface area contributed by atoms with Gasteiger partial charge in [-0.05, 0) is 147 Å². The number of aliphatic carboxylic acids is 1. The second-order valence-corrected chi connectivity index (χ2v) is 15.9. The van der Waals surface area contributed by atoms with Crippen LogP contribution in [0.4, 0.5) is 0 Å². The van der Waals surface area contributed by atoms with Crippen molar-refractivity contribution in [3.63, 3.8) is 0 Å². The van der Waals surface area contributed by atoms with Gasteiger partial charge in [-0.2, -0.15) is 0 Å². The van der Waals surface area contributed by atoms with E-state index in [1.807, 2.05) is 6.92 Å². The molecule has 212 valence electrons. The maximum Gasteiger partial charge on any atom is 0.309 e. The number of nitrogens with one attached hydrogen (secondary N) is 1. The summed E-state index contributed by atoms with van der Waals surface area (Å²) in [5.74, 6) is 3.30. The van der Waals surface area contributed by atoms with Crippen molar-refractivity contribution in [2.45, 2.75) is 131 Å². The molecule has 3 nitrogen and oxygen atoms in total. The van der Waals surface area contributed by atoms with Crippen LogP contribution < -0.4 is 5.32 Å². The standard InChI is InChI=1S/C35H55NO2/c1-7-36-35-16-8-9-28(35)27-10-11-29-32(4)19-14-25(24-12-17-31(3,18-13-24)30(37)38)23(2)26(32)15-20-34(29,6)33(27,5)21-22-35/h12,14,23,26-29,36H,7-11,13,15-22H2,1-6H3,(H,37,38)/t23?,26?,27?,28?,29?,31?,32?,33-,34?,35?/m1/s1. The van der Waals surface area contributed by atoms with E-state index in [0.29, 0.717) is 34.1 Å². The molecule has 6 rings (SSSR count). The maximum atomic E-state index is 11.8. The third-order valence-corrected chi connectivity index (χ3v) is 14.7. The summed E-state index contributed by atoms with van der Waals surface area (Å²) in [5.41, 5.74) is 4.20. The summed E-state index contributed by atoms with van der Waals surface area (Å²) >= 11 is 0. The number of hydrogen-bond donors (Lipinski definition) is 2. The topological polar surface area (TPSA) is 49.3 Å². The van der Waals surface area contributed by atoms with E-state index >= 15 is 0 Å². The molecule has 0 spiro atoms. The normalized spacial score (nSPS) is 52.1. The summed E-state index contributed by atoms with van der Waals surface area (Å²) in [6.07, 6.45) is 21.3. The van der Waals surface area contributed by atoms with Crippen LogP contribution in [-0.4, -0.2) is 23.2 Å². The lowest BCUT2D eigenvalue weighted by atomic mass is 9.34. The Morgan fingerprint density at radius 2 is 1.68 bits per heavy atom. The van der Waals surface area contributed by atoms with Gasteiger partial charge in [0.25, 0.3) is 0 Å². The predicted octanol–water partition coefficient (Wildman–Crippen LogP) is 8.55. The summed E-state index contributed by atoms with van der Waals surface area (Å²) in [4.78, 5) is 11.8. The van der Waals surface area contributed by atoms with Gasteiger partial charge >= 0.3 is 5.97 Å². The average Bonchev–Trinajstić information content (AvgIpc) is 3.29. The quantitative estimate of drug-likeness (QED) is 0.390. The number of rotatable bonds is 4. The molecule has 0 aromatic rings. The van der Waals surface area contributed by atoms with Crippen molar-refractivity contribution in [1.82, 2.24) is 5.32 Å². The number of carboxylic acids is 1. The van der Waals surface area contributed by atoms with Crippen molar-refractivity contribution >= 4 is 5.97 Å². The van der Waals surface area contributed by atoms with Crippen molar-refractivity contribution in [2.24, 2.45) is 51.2 Å². The van der Waals surface area contributed by atoms with Gasteiger partial charge in [0.1, 0.15) is 0 Å². The third-order valence-electron chi connectivity index (χ3n) is 14.7. The number of fused-ring (bicyclic) bond motifs is 7. The summed E-state index contributed by atoms with van der Waals surface area (Å²) in [5, 5.41) is 13.8. The lowest BCUT2D eigenvalue weighted by Gasteiger charge is -2.71. The Labute approximate surface area is 232 Å². The molecular weight excluding hydrogens is 466 g/mol. The van der Waals surface area contributed by atoms with Gasteiger partial charge in [0.2, 0.25) is 0 Å². The zero-order valence-electron chi connectivity index (χ0n) is 25.3. The molecule has 0 bridgehead atoms. The molecule has 10 atom stereocenters. The number of carbonyl (C=O) groups is 1. The summed E-state index contributed by atoms with van der Waals surface area (Å²) < 4.78 is 0. The lowest BCUT2D eigenvalue weighted by molar-refractivity contribution is -0.212. The van der Waals surface area contributed by atoms with Crippen LogP contribution in [0.1, 0.15) is 125 Å². The fourth-order valence-electron chi connectivity index (χ4n) is 12.3. The first kappa shape index (κ1) is 27.1. The molecule has 4 saturated carbocycles. The molecule has 0 saturated heterocycles. The lowest BCUT2D eigenvalue weighted by Crippen LogP contribution is -2.66. The second kappa shape index (κ2) is 8.95. The molecule has 4 fully saturated rings. The molecule has 0 aliphatic heterocycles. The highest BCUT2D eigenvalue weighted by Gasteiger charge is 2.68. The van der Waals surface area contributed by atoms with E-state index in [1.54, 1.807) is 5.57 Å². The van der Waals surface area contributed by atoms with E-state index in [-0.39, 0.29) is 0 Å². The predicted molar refractivity (Wildman–Crippen MR) is 156 cm³/mol. The van der Waals surface area contributed by atoms with E-state index < -0.39 is 11.4 Å². The number of carboxylic acid groups (broad SMARTS) is 1. The van der Waals surface area contributed by atoms with Gasteiger partial charge < -0.3 is 10.4 Å². The van der Waals surface area contributed by atoms with Gasteiger partial charge in [-0.1, -0.05) is 53.2 Å². The minimum Gasteiger partial charge on any atom is -0.481 e. The van der Waals surface area contributed by atoms with Gasteiger partial charge in [-0.15, -0.1) is 0 Å². The molecule has 3 heteroatoms. The van der Waals surface area contributed by atoms with E-state index in [4.69, 9.17) is 0 Å². The van der Waals surface area contributed by atoms with Gasteiger partial charge in [-0.25, -0.2) is 0 Å². The highest BCUT2D eigenvalue weighted by atomic mass is 16.4. The van der Waals surface area contributed by atoms with E-state index in [9.17, 15) is 9.90 Å². The molecule has 6 aliphatic rings. The van der Waals surface area contributed by atoms with E-state index in [0.717, 1.165) is 43.1 Å². The molecular formula is C35H55NO2. The van der Waals surface area contributed by atoms with E-state index in [2.05, 4.69) is 52.1 Å². The van der Waals surface area contributed by atoms with E-state index in [1.165, 1.54) is 69.8 Å². The smallest absolute Gasteiger partial charge is 0.309 e. The van der Waals surface area contributed by atoms with Crippen LogP contribution in [0.15, 0.2) is 23.3 Å². The molecule has 0 radical (unpaired) electrons. The molecule has 0 amide bonds. The van der Waals surface area contributed by atoms with Crippen molar-refractivity contribution in [3.05, 3.63) is 23.3 Å². The zero-order chi connectivity index (χ0) is 27.1. The molecule has 9 unspecified atom stereocenters. The second-order valence-electron chi connectivity index (χ2n) is 15.9. The van der Waals surface area contributed by atoms with Gasteiger partial charge in [-0.3, -0.25) is 4.79 Å².